The highest BCUT2D eigenvalue weighted by Gasteiger charge is 2.13. The number of carbonyl (C=O) groups is 1. The van der Waals surface area contributed by atoms with E-state index >= 15 is 0 Å². The highest BCUT2D eigenvalue weighted by atomic mass is 16.2. The Hall–Kier alpha value is -2.86. The van der Waals surface area contributed by atoms with E-state index in [2.05, 4.69) is 43.7 Å². The minimum absolute atomic E-state index is 0.100. The fourth-order valence-corrected chi connectivity index (χ4v) is 3.75. The van der Waals surface area contributed by atoms with Crippen molar-refractivity contribution >= 4 is 17.1 Å². The number of imidazole rings is 1. The van der Waals surface area contributed by atoms with E-state index in [-0.39, 0.29) is 6.03 Å². The van der Waals surface area contributed by atoms with Crippen LogP contribution in [0.5, 0.6) is 0 Å². The highest BCUT2D eigenvalue weighted by molar-refractivity contribution is 5.75. The molecule has 1 aliphatic rings. The van der Waals surface area contributed by atoms with E-state index in [1.54, 1.807) is 0 Å². The van der Waals surface area contributed by atoms with Gasteiger partial charge in [-0.05, 0) is 55.1 Å². The minimum Gasteiger partial charge on any atom is -0.338 e. The molecular formula is C22H27N5O. The molecule has 6 heteroatoms. The SMILES string of the molecule is O=C(NCc1cccc(Cn2cnc3ccccc32)c1)NCC1CCCNC1. The summed E-state index contributed by atoms with van der Waals surface area (Å²) in [6, 6.07) is 16.4. The molecule has 4 rings (SSSR count). The second-order valence-corrected chi connectivity index (χ2v) is 7.46. The number of amides is 2. The van der Waals surface area contributed by atoms with Crippen molar-refractivity contribution in [1.29, 1.82) is 0 Å². The summed E-state index contributed by atoms with van der Waals surface area (Å²) in [5.74, 6) is 0.535. The van der Waals surface area contributed by atoms with E-state index in [1.807, 2.05) is 36.7 Å². The molecule has 2 aromatic carbocycles. The van der Waals surface area contributed by atoms with Gasteiger partial charge >= 0.3 is 6.03 Å². The molecule has 3 N–H and O–H groups in total. The third-order valence-corrected chi connectivity index (χ3v) is 5.27. The highest BCUT2D eigenvalue weighted by Crippen LogP contribution is 2.15. The maximum Gasteiger partial charge on any atom is 0.315 e. The molecule has 6 nitrogen and oxygen atoms in total. The first kappa shape index (κ1) is 18.5. The molecule has 1 saturated heterocycles. The standard InChI is InChI=1S/C22H27N5O/c28-22(25-14-19-7-4-10-23-12-19)24-13-17-5-3-6-18(11-17)15-27-16-26-20-8-1-2-9-21(20)27/h1-3,5-6,8-9,11,16,19,23H,4,7,10,12-15H2,(H2,24,25,28). The number of hydrogen-bond acceptors (Lipinski definition) is 3. The Morgan fingerprint density at radius 3 is 2.93 bits per heavy atom. The van der Waals surface area contributed by atoms with Gasteiger partial charge in [0.25, 0.3) is 0 Å². The van der Waals surface area contributed by atoms with Gasteiger partial charge in [0.2, 0.25) is 0 Å². The van der Waals surface area contributed by atoms with Crippen LogP contribution in [0.4, 0.5) is 4.79 Å². The average molecular weight is 377 g/mol. The fraction of sp³-hybridized carbons (Fsp3) is 0.364. The molecule has 3 aromatic rings. The molecule has 0 aliphatic carbocycles. The molecule has 28 heavy (non-hydrogen) atoms. The van der Waals surface area contributed by atoms with Crippen molar-refractivity contribution in [3.05, 3.63) is 66.0 Å². The van der Waals surface area contributed by atoms with Crippen molar-refractivity contribution in [2.45, 2.75) is 25.9 Å². The van der Waals surface area contributed by atoms with Crippen molar-refractivity contribution < 1.29 is 4.79 Å². The van der Waals surface area contributed by atoms with Gasteiger partial charge in [-0.1, -0.05) is 36.4 Å². The molecule has 0 spiro atoms. The van der Waals surface area contributed by atoms with Gasteiger partial charge in [0, 0.05) is 19.6 Å². The number of piperidine rings is 1. The summed E-state index contributed by atoms with van der Waals surface area (Å²) in [5, 5.41) is 9.33. The first-order valence-corrected chi connectivity index (χ1v) is 9.98. The summed E-state index contributed by atoms with van der Waals surface area (Å²) in [4.78, 5) is 16.5. The monoisotopic (exact) mass is 377 g/mol. The Morgan fingerprint density at radius 1 is 1.14 bits per heavy atom. The van der Waals surface area contributed by atoms with Crippen LogP contribution >= 0.6 is 0 Å². The predicted molar refractivity (Wildman–Crippen MR) is 111 cm³/mol. The minimum atomic E-state index is -0.100. The van der Waals surface area contributed by atoms with E-state index in [0.29, 0.717) is 12.5 Å². The molecule has 1 atom stereocenters. The van der Waals surface area contributed by atoms with Gasteiger partial charge in [0.15, 0.2) is 0 Å². The third-order valence-electron chi connectivity index (χ3n) is 5.27. The maximum absolute atomic E-state index is 12.1. The van der Waals surface area contributed by atoms with E-state index in [0.717, 1.165) is 42.8 Å². The van der Waals surface area contributed by atoms with Crippen LogP contribution in [0.2, 0.25) is 0 Å². The maximum atomic E-state index is 12.1. The summed E-state index contributed by atoms with van der Waals surface area (Å²) in [5.41, 5.74) is 4.42. The van der Waals surface area contributed by atoms with Gasteiger partial charge in [0.1, 0.15) is 0 Å². The summed E-state index contributed by atoms with van der Waals surface area (Å²) in [6.07, 6.45) is 4.24. The van der Waals surface area contributed by atoms with E-state index in [1.165, 1.54) is 18.4 Å². The van der Waals surface area contributed by atoms with Crippen LogP contribution in [0.1, 0.15) is 24.0 Å². The first-order valence-electron chi connectivity index (χ1n) is 9.98. The van der Waals surface area contributed by atoms with Gasteiger partial charge in [0.05, 0.1) is 17.4 Å². The van der Waals surface area contributed by atoms with E-state index < -0.39 is 0 Å². The van der Waals surface area contributed by atoms with E-state index in [9.17, 15) is 4.79 Å². The molecule has 146 valence electrons. The first-order chi connectivity index (χ1) is 13.8. The zero-order chi connectivity index (χ0) is 19.2. The Balaban J connectivity index is 1.30. The Morgan fingerprint density at radius 2 is 2.04 bits per heavy atom. The summed E-state index contributed by atoms with van der Waals surface area (Å²) in [7, 11) is 0. The van der Waals surface area contributed by atoms with Crippen LogP contribution in [0, 0.1) is 5.92 Å². The van der Waals surface area contributed by atoms with Gasteiger partial charge in [-0.2, -0.15) is 0 Å². The van der Waals surface area contributed by atoms with Crippen LogP contribution in [0.25, 0.3) is 11.0 Å². The lowest BCUT2D eigenvalue weighted by Gasteiger charge is -2.22. The lowest BCUT2D eigenvalue weighted by atomic mass is 10.00. The van der Waals surface area contributed by atoms with Crippen molar-refractivity contribution in [2.24, 2.45) is 5.92 Å². The lowest BCUT2D eigenvalue weighted by molar-refractivity contribution is 0.236. The number of benzene rings is 2. The molecule has 0 saturated carbocycles. The normalized spacial score (nSPS) is 16.8. The number of aromatic nitrogens is 2. The molecule has 2 heterocycles. The summed E-state index contributed by atoms with van der Waals surface area (Å²) < 4.78 is 2.15. The summed E-state index contributed by atoms with van der Waals surface area (Å²) in [6.45, 7) is 4.09. The quantitative estimate of drug-likeness (QED) is 0.619. The second-order valence-electron chi connectivity index (χ2n) is 7.46. The Labute approximate surface area is 165 Å². The molecule has 2 amide bonds. The number of urea groups is 1. The smallest absolute Gasteiger partial charge is 0.315 e. The molecule has 0 radical (unpaired) electrons. The van der Waals surface area contributed by atoms with Crippen molar-refractivity contribution in [1.82, 2.24) is 25.5 Å². The average Bonchev–Trinajstić information content (AvgIpc) is 3.15. The van der Waals surface area contributed by atoms with E-state index in [4.69, 9.17) is 0 Å². The number of carbonyl (C=O) groups excluding carboxylic acids is 1. The number of rotatable bonds is 6. The molecule has 1 aliphatic heterocycles. The number of para-hydroxylation sites is 2. The number of nitrogens with one attached hydrogen (secondary N) is 3. The molecular weight excluding hydrogens is 350 g/mol. The number of hydrogen-bond donors (Lipinski definition) is 3. The predicted octanol–water partition coefficient (Wildman–Crippen LogP) is 2.88. The molecule has 1 aromatic heterocycles. The number of nitrogens with zero attached hydrogens (tertiary/aromatic N) is 2. The van der Waals surface area contributed by atoms with Crippen LogP contribution in [-0.2, 0) is 13.1 Å². The van der Waals surface area contributed by atoms with Crippen molar-refractivity contribution in [3.8, 4) is 0 Å². The van der Waals surface area contributed by atoms with Crippen LogP contribution in [0.3, 0.4) is 0 Å². The van der Waals surface area contributed by atoms with Crippen LogP contribution < -0.4 is 16.0 Å². The third kappa shape index (κ3) is 4.70. The zero-order valence-electron chi connectivity index (χ0n) is 16.0. The van der Waals surface area contributed by atoms with Crippen molar-refractivity contribution in [3.63, 3.8) is 0 Å². The van der Waals surface area contributed by atoms with Crippen LogP contribution in [0.15, 0.2) is 54.9 Å². The topological polar surface area (TPSA) is 71.0 Å². The second kappa shape index (κ2) is 8.89. The zero-order valence-corrected chi connectivity index (χ0v) is 16.0. The van der Waals surface area contributed by atoms with Crippen molar-refractivity contribution in [2.75, 3.05) is 19.6 Å². The van der Waals surface area contributed by atoms with Crippen LogP contribution in [-0.4, -0.2) is 35.2 Å². The largest absolute Gasteiger partial charge is 0.338 e. The number of fused-ring (bicyclic) bond motifs is 1. The van der Waals surface area contributed by atoms with Gasteiger partial charge < -0.3 is 20.5 Å². The molecule has 1 unspecified atom stereocenters. The summed E-state index contributed by atoms with van der Waals surface area (Å²) >= 11 is 0. The Bertz CT molecular complexity index is 929. The van der Waals surface area contributed by atoms with Gasteiger partial charge in [-0.15, -0.1) is 0 Å². The Kier molecular flexibility index (Phi) is 5.87. The van der Waals surface area contributed by atoms with Gasteiger partial charge in [-0.25, -0.2) is 9.78 Å². The lowest BCUT2D eigenvalue weighted by Crippen LogP contribution is -2.41. The molecule has 0 bridgehead atoms. The van der Waals surface area contributed by atoms with Gasteiger partial charge in [-0.3, -0.25) is 0 Å². The fourth-order valence-electron chi connectivity index (χ4n) is 3.75. The molecule has 1 fully saturated rings.